The highest BCUT2D eigenvalue weighted by Gasteiger charge is 2.31. The van der Waals surface area contributed by atoms with E-state index in [1.807, 2.05) is 27.7 Å². The average Bonchev–Trinajstić information content (AvgIpc) is 2.53. The summed E-state index contributed by atoms with van der Waals surface area (Å²) in [5.74, 6) is -0.127. The number of hydrogen-bond acceptors (Lipinski definition) is 4. The molecule has 1 amide bonds. The number of nitro benzene ring substituents is 1. The molecule has 0 spiro atoms. The van der Waals surface area contributed by atoms with Gasteiger partial charge in [-0.15, -0.1) is 0 Å². The van der Waals surface area contributed by atoms with E-state index in [1.165, 1.54) is 6.07 Å². The fourth-order valence-corrected chi connectivity index (χ4v) is 3.23. The first-order valence-corrected chi connectivity index (χ1v) is 8.36. The first kappa shape index (κ1) is 18.4. The van der Waals surface area contributed by atoms with Crippen molar-refractivity contribution in [2.45, 2.75) is 52.0 Å². The molecular formula is C18H26N2O4. The second kappa shape index (κ2) is 6.89. The molecule has 6 heteroatoms. The SMILES string of the molecule is CC1CCC(CO)CN1C(=O)c1ccc(C(C)(C)C)c([N+](=O)[O-])c1. The molecule has 1 aliphatic heterocycles. The number of nitrogens with zero attached hydrogens (tertiary/aromatic N) is 2. The summed E-state index contributed by atoms with van der Waals surface area (Å²) >= 11 is 0. The van der Waals surface area contributed by atoms with Crippen LogP contribution >= 0.6 is 0 Å². The van der Waals surface area contributed by atoms with Crippen molar-refractivity contribution < 1.29 is 14.8 Å². The molecule has 1 saturated heterocycles. The Morgan fingerprint density at radius 1 is 1.38 bits per heavy atom. The van der Waals surface area contributed by atoms with Gasteiger partial charge in [-0.1, -0.05) is 26.8 Å². The standard InChI is InChI=1S/C18H26N2O4/c1-12-5-6-13(11-21)10-19(12)17(22)14-7-8-15(18(2,3)4)16(9-14)20(23)24/h7-9,12-13,21H,5-6,10-11H2,1-4H3. The van der Waals surface area contributed by atoms with Crippen LogP contribution in [0, 0.1) is 16.0 Å². The van der Waals surface area contributed by atoms with Gasteiger partial charge in [-0.3, -0.25) is 14.9 Å². The fraction of sp³-hybridized carbons (Fsp3) is 0.611. The summed E-state index contributed by atoms with van der Waals surface area (Å²) in [4.78, 5) is 25.6. The Bertz CT molecular complexity index is 636. The minimum Gasteiger partial charge on any atom is -0.396 e. The van der Waals surface area contributed by atoms with E-state index in [0.717, 1.165) is 12.8 Å². The van der Waals surface area contributed by atoms with Crippen LogP contribution in [0.15, 0.2) is 18.2 Å². The van der Waals surface area contributed by atoms with Crippen LogP contribution in [0.4, 0.5) is 5.69 Å². The highest BCUT2D eigenvalue weighted by molar-refractivity contribution is 5.95. The van der Waals surface area contributed by atoms with Gasteiger partial charge in [-0.25, -0.2) is 0 Å². The van der Waals surface area contributed by atoms with E-state index >= 15 is 0 Å². The molecule has 2 rings (SSSR count). The molecule has 1 N–H and O–H groups in total. The number of carbonyl (C=O) groups excluding carboxylic acids is 1. The Balaban J connectivity index is 2.36. The Morgan fingerprint density at radius 2 is 2.04 bits per heavy atom. The largest absolute Gasteiger partial charge is 0.396 e. The third-order valence-electron chi connectivity index (χ3n) is 4.75. The topological polar surface area (TPSA) is 83.7 Å². The van der Waals surface area contributed by atoms with Gasteiger partial charge in [0.25, 0.3) is 11.6 Å². The number of benzene rings is 1. The highest BCUT2D eigenvalue weighted by Crippen LogP contribution is 2.33. The second-order valence-corrected chi connectivity index (χ2v) is 7.67. The molecule has 132 valence electrons. The Labute approximate surface area is 142 Å². The van der Waals surface area contributed by atoms with Crippen LogP contribution in [0.5, 0.6) is 0 Å². The second-order valence-electron chi connectivity index (χ2n) is 7.67. The summed E-state index contributed by atoms with van der Waals surface area (Å²) < 4.78 is 0. The molecule has 6 nitrogen and oxygen atoms in total. The van der Waals surface area contributed by atoms with E-state index in [2.05, 4.69) is 0 Å². The summed E-state index contributed by atoms with van der Waals surface area (Å²) in [6.07, 6.45) is 1.73. The number of piperidine rings is 1. The lowest BCUT2D eigenvalue weighted by molar-refractivity contribution is -0.386. The predicted octanol–water partition coefficient (Wildman–Crippen LogP) is 3.13. The van der Waals surface area contributed by atoms with Crippen LogP contribution in [0.1, 0.15) is 56.5 Å². The molecule has 2 unspecified atom stereocenters. The van der Waals surface area contributed by atoms with Crippen LogP contribution in [-0.4, -0.2) is 40.0 Å². The maximum absolute atomic E-state index is 12.8. The normalized spacial score (nSPS) is 21.6. The zero-order valence-electron chi connectivity index (χ0n) is 14.8. The van der Waals surface area contributed by atoms with Crippen LogP contribution < -0.4 is 0 Å². The van der Waals surface area contributed by atoms with Crippen molar-refractivity contribution in [3.63, 3.8) is 0 Å². The fourth-order valence-electron chi connectivity index (χ4n) is 3.23. The van der Waals surface area contributed by atoms with E-state index in [9.17, 15) is 20.0 Å². The van der Waals surface area contributed by atoms with Crippen molar-refractivity contribution >= 4 is 11.6 Å². The Kier molecular flexibility index (Phi) is 5.28. The van der Waals surface area contributed by atoms with Crippen molar-refractivity contribution in [2.75, 3.05) is 13.2 Å². The first-order chi connectivity index (χ1) is 11.1. The summed E-state index contributed by atoms with van der Waals surface area (Å²) in [6, 6.07) is 4.81. The molecular weight excluding hydrogens is 308 g/mol. The van der Waals surface area contributed by atoms with Gasteiger partial charge < -0.3 is 10.0 Å². The van der Waals surface area contributed by atoms with E-state index in [4.69, 9.17) is 0 Å². The van der Waals surface area contributed by atoms with Gasteiger partial charge in [0.2, 0.25) is 0 Å². The van der Waals surface area contributed by atoms with E-state index < -0.39 is 4.92 Å². The molecule has 2 atom stereocenters. The molecule has 1 aliphatic rings. The molecule has 1 aromatic rings. The number of hydrogen-bond donors (Lipinski definition) is 1. The van der Waals surface area contributed by atoms with Gasteiger partial charge in [-0.05, 0) is 37.2 Å². The van der Waals surface area contributed by atoms with Gasteiger partial charge in [0.15, 0.2) is 0 Å². The summed E-state index contributed by atoms with van der Waals surface area (Å²) in [6.45, 7) is 8.26. The van der Waals surface area contributed by atoms with Gasteiger partial charge in [-0.2, -0.15) is 0 Å². The quantitative estimate of drug-likeness (QED) is 0.680. The predicted molar refractivity (Wildman–Crippen MR) is 92.1 cm³/mol. The number of likely N-dealkylation sites (tertiary alicyclic amines) is 1. The molecule has 24 heavy (non-hydrogen) atoms. The molecule has 0 saturated carbocycles. The molecule has 0 bridgehead atoms. The molecule has 1 aromatic carbocycles. The minimum absolute atomic E-state index is 0.0169. The summed E-state index contributed by atoms with van der Waals surface area (Å²) in [5, 5.41) is 20.8. The lowest BCUT2D eigenvalue weighted by Gasteiger charge is -2.37. The molecule has 0 aliphatic carbocycles. The zero-order chi connectivity index (χ0) is 18.1. The third-order valence-corrected chi connectivity index (χ3v) is 4.75. The third kappa shape index (κ3) is 3.75. The molecule has 1 heterocycles. The van der Waals surface area contributed by atoms with Gasteiger partial charge in [0, 0.05) is 36.4 Å². The van der Waals surface area contributed by atoms with Crippen LogP contribution in [0.3, 0.4) is 0 Å². The molecule has 1 fully saturated rings. The number of nitro groups is 1. The van der Waals surface area contributed by atoms with Gasteiger partial charge in [0.1, 0.15) is 0 Å². The van der Waals surface area contributed by atoms with Gasteiger partial charge in [0.05, 0.1) is 4.92 Å². The lowest BCUT2D eigenvalue weighted by Crippen LogP contribution is -2.46. The maximum Gasteiger partial charge on any atom is 0.273 e. The number of aliphatic hydroxyl groups is 1. The van der Waals surface area contributed by atoms with Crippen molar-refractivity contribution in [1.82, 2.24) is 4.90 Å². The van der Waals surface area contributed by atoms with Crippen molar-refractivity contribution in [3.05, 3.63) is 39.4 Å². The molecule has 0 radical (unpaired) electrons. The molecule has 0 aromatic heterocycles. The number of aliphatic hydroxyl groups excluding tert-OH is 1. The number of amides is 1. The van der Waals surface area contributed by atoms with Crippen molar-refractivity contribution in [2.24, 2.45) is 5.92 Å². The van der Waals surface area contributed by atoms with Crippen molar-refractivity contribution in [3.8, 4) is 0 Å². The number of carbonyl (C=O) groups is 1. The van der Waals surface area contributed by atoms with Gasteiger partial charge >= 0.3 is 0 Å². The van der Waals surface area contributed by atoms with Crippen LogP contribution in [0.25, 0.3) is 0 Å². The van der Waals surface area contributed by atoms with Crippen LogP contribution in [-0.2, 0) is 5.41 Å². The van der Waals surface area contributed by atoms with E-state index in [1.54, 1.807) is 17.0 Å². The summed E-state index contributed by atoms with van der Waals surface area (Å²) in [7, 11) is 0. The minimum atomic E-state index is -0.423. The number of rotatable bonds is 3. The Hall–Kier alpha value is -1.95. The smallest absolute Gasteiger partial charge is 0.273 e. The van der Waals surface area contributed by atoms with Crippen LogP contribution in [0.2, 0.25) is 0 Å². The monoisotopic (exact) mass is 334 g/mol. The Morgan fingerprint density at radius 3 is 2.58 bits per heavy atom. The zero-order valence-corrected chi connectivity index (χ0v) is 14.8. The highest BCUT2D eigenvalue weighted by atomic mass is 16.6. The average molecular weight is 334 g/mol. The summed E-state index contributed by atoms with van der Waals surface area (Å²) in [5.41, 5.74) is 0.561. The first-order valence-electron chi connectivity index (χ1n) is 8.36. The van der Waals surface area contributed by atoms with Crippen molar-refractivity contribution in [1.29, 1.82) is 0 Å². The van der Waals surface area contributed by atoms with E-state index in [0.29, 0.717) is 17.7 Å². The maximum atomic E-state index is 12.8. The van der Waals surface area contributed by atoms with E-state index in [-0.39, 0.29) is 35.6 Å². The lowest BCUT2D eigenvalue weighted by atomic mass is 9.85.